The van der Waals surface area contributed by atoms with Gasteiger partial charge in [0.25, 0.3) is 11.8 Å². The van der Waals surface area contributed by atoms with Crippen LogP contribution in [-0.4, -0.2) is 18.9 Å². The van der Waals surface area contributed by atoms with E-state index in [1.54, 1.807) is 12.1 Å². The summed E-state index contributed by atoms with van der Waals surface area (Å²) in [7, 11) is 1.45. The van der Waals surface area contributed by atoms with Crippen LogP contribution in [0, 0.1) is 5.82 Å². The average molecular weight is 440 g/mol. The summed E-state index contributed by atoms with van der Waals surface area (Å²) in [5.74, 6) is -1.10. The molecule has 0 aromatic heterocycles. The van der Waals surface area contributed by atoms with Crippen LogP contribution < -0.4 is 9.64 Å². The van der Waals surface area contributed by atoms with Gasteiger partial charge < -0.3 is 4.74 Å². The Bertz CT molecular complexity index is 1160. The van der Waals surface area contributed by atoms with Gasteiger partial charge in [-0.25, -0.2) is 9.29 Å². The second-order valence-electron chi connectivity index (χ2n) is 6.39. The number of amides is 2. The van der Waals surface area contributed by atoms with E-state index < -0.39 is 17.6 Å². The number of nitrogens with zero attached hydrogens (tertiary/aromatic N) is 1. The van der Waals surface area contributed by atoms with E-state index in [-0.39, 0.29) is 16.2 Å². The maximum absolute atomic E-state index is 13.5. The third-order valence-electron chi connectivity index (χ3n) is 4.52. The topological polar surface area (TPSA) is 46.6 Å². The lowest BCUT2D eigenvalue weighted by Gasteiger charge is -2.18. The van der Waals surface area contributed by atoms with Gasteiger partial charge in [0.05, 0.1) is 23.3 Å². The summed E-state index contributed by atoms with van der Waals surface area (Å²) >= 11 is 7.31. The molecule has 0 saturated heterocycles. The number of hydrogen-bond acceptors (Lipinski definition) is 4. The van der Waals surface area contributed by atoms with Crippen LogP contribution >= 0.6 is 23.4 Å². The minimum atomic E-state index is -0.523. The highest BCUT2D eigenvalue weighted by Gasteiger charge is 2.41. The highest BCUT2D eigenvalue weighted by atomic mass is 35.5. The molecule has 150 valence electrons. The zero-order valence-electron chi connectivity index (χ0n) is 15.8. The predicted molar refractivity (Wildman–Crippen MR) is 116 cm³/mol. The molecule has 7 heteroatoms. The Morgan fingerprint density at radius 3 is 2.30 bits per heavy atom. The summed E-state index contributed by atoms with van der Waals surface area (Å²) in [6, 6.07) is 19.5. The molecule has 0 radical (unpaired) electrons. The Hall–Kier alpha value is -3.09. The Morgan fingerprint density at radius 1 is 0.933 bits per heavy atom. The molecular weight excluding hydrogens is 425 g/mol. The smallest absolute Gasteiger partial charge is 0.273 e. The molecule has 4 rings (SSSR count). The molecule has 0 bridgehead atoms. The SMILES string of the molecule is COc1ccc(Cl)cc1N1C(=O)C(Sc2ccccc2)=C(c2ccc(F)cc2)C1=O. The van der Waals surface area contributed by atoms with Crippen molar-refractivity contribution in [2.45, 2.75) is 4.90 Å². The van der Waals surface area contributed by atoms with Gasteiger partial charge in [-0.3, -0.25) is 9.59 Å². The Kier molecular flexibility index (Phi) is 5.61. The van der Waals surface area contributed by atoms with Crippen molar-refractivity contribution in [3.05, 3.63) is 94.1 Å². The fourth-order valence-electron chi connectivity index (χ4n) is 3.14. The van der Waals surface area contributed by atoms with Crippen molar-refractivity contribution in [1.29, 1.82) is 0 Å². The first-order chi connectivity index (χ1) is 14.5. The van der Waals surface area contributed by atoms with E-state index in [0.717, 1.165) is 9.80 Å². The zero-order chi connectivity index (χ0) is 21.3. The average Bonchev–Trinajstić information content (AvgIpc) is 2.99. The molecule has 0 unspecified atom stereocenters. The van der Waals surface area contributed by atoms with Gasteiger partial charge in [0.2, 0.25) is 0 Å². The molecule has 4 nitrogen and oxygen atoms in total. The fourth-order valence-corrected chi connectivity index (χ4v) is 4.32. The number of thioether (sulfide) groups is 1. The number of halogens is 2. The predicted octanol–water partition coefficient (Wildman–Crippen LogP) is 5.56. The Balaban J connectivity index is 1.86. The molecular formula is C23H15ClFNO3S. The first kappa shape index (κ1) is 20.2. The number of ether oxygens (including phenoxy) is 1. The highest BCUT2D eigenvalue weighted by molar-refractivity contribution is 8.04. The quantitative estimate of drug-likeness (QED) is 0.488. The van der Waals surface area contributed by atoms with Gasteiger partial charge in [0, 0.05) is 9.92 Å². The van der Waals surface area contributed by atoms with Crippen molar-refractivity contribution in [2.24, 2.45) is 0 Å². The molecule has 0 atom stereocenters. The molecule has 0 fully saturated rings. The third-order valence-corrected chi connectivity index (χ3v) is 5.85. The van der Waals surface area contributed by atoms with Crippen molar-refractivity contribution in [3.8, 4) is 5.75 Å². The summed E-state index contributed by atoms with van der Waals surface area (Å²) in [6.07, 6.45) is 0. The number of carbonyl (C=O) groups is 2. The van der Waals surface area contributed by atoms with E-state index in [1.807, 2.05) is 30.3 Å². The van der Waals surface area contributed by atoms with Gasteiger partial charge >= 0.3 is 0 Å². The normalized spacial score (nSPS) is 13.9. The number of hydrogen-bond donors (Lipinski definition) is 0. The summed E-state index contributed by atoms with van der Waals surface area (Å²) in [4.78, 5) is 28.9. The first-order valence-electron chi connectivity index (χ1n) is 8.95. The lowest BCUT2D eigenvalue weighted by Crippen LogP contribution is -2.31. The van der Waals surface area contributed by atoms with Crippen LogP contribution in [0.25, 0.3) is 5.57 Å². The van der Waals surface area contributed by atoms with Crippen LogP contribution in [0.5, 0.6) is 5.75 Å². The minimum Gasteiger partial charge on any atom is -0.495 e. The molecule has 2 amide bonds. The zero-order valence-corrected chi connectivity index (χ0v) is 17.3. The monoisotopic (exact) mass is 439 g/mol. The number of benzene rings is 3. The molecule has 1 aliphatic rings. The molecule has 1 heterocycles. The van der Waals surface area contributed by atoms with Gasteiger partial charge in [-0.1, -0.05) is 53.7 Å². The number of rotatable bonds is 5. The number of anilines is 1. The lowest BCUT2D eigenvalue weighted by atomic mass is 10.1. The van der Waals surface area contributed by atoms with E-state index in [1.165, 1.54) is 49.2 Å². The number of imide groups is 1. The van der Waals surface area contributed by atoms with Crippen molar-refractivity contribution >= 4 is 46.4 Å². The summed E-state index contributed by atoms with van der Waals surface area (Å²) in [5, 5.41) is 0.360. The van der Waals surface area contributed by atoms with Gasteiger partial charge in [0.1, 0.15) is 11.6 Å². The first-order valence-corrected chi connectivity index (χ1v) is 10.1. The lowest BCUT2D eigenvalue weighted by molar-refractivity contribution is -0.119. The maximum atomic E-state index is 13.5. The van der Waals surface area contributed by atoms with E-state index in [4.69, 9.17) is 16.3 Å². The molecule has 1 aliphatic heterocycles. The fraction of sp³-hybridized carbons (Fsp3) is 0.0435. The van der Waals surface area contributed by atoms with Crippen LogP contribution in [0.1, 0.15) is 5.56 Å². The van der Waals surface area contributed by atoms with Gasteiger partial charge in [-0.15, -0.1) is 0 Å². The number of methoxy groups -OCH3 is 1. The maximum Gasteiger partial charge on any atom is 0.273 e. The summed E-state index contributed by atoms with van der Waals surface area (Å²) in [5.41, 5.74) is 0.913. The minimum absolute atomic E-state index is 0.205. The second-order valence-corrected chi connectivity index (χ2v) is 7.91. The Morgan fingerprint density at radius 2 is 1.63 bits per heavy atom. The molecule has 0 spiro atoms. The summed E-state index contributed by atoms with van der Waals surface area (Å²) < 4.78 is 18.8. The third kappa shape index (κ3) is 3.72. The van der Waals surface area contributed by atoms with Crippen molar-refractivity contribution in [2.75, 3.05) is 12.0 Å². The van der Waals surface area contributed by atoms with Crippen molar-refractivity contribution < 1.29 is 18.7 Å². The van der Waals surface area contributed by atoms with Crippen molar-refractivity contribution in [3.63, 3.8) is 0 Å². The van der Waals surface area contributed by atoms with Gasteiger partial charge in [-0.2, -0.15) is 0 Å². The molecule has 30 heavy (non-hydrogen) atoms. The van der Waals surface area contributed by atoms with E-state index in [2.05, 4.69) is 0 Å². The van der Waals surface area contributed by atoms with Gasteiger partial charge in [-0.05, 0) is 48.0 Å². The van der Waals surface area contributed by atoms with Crippen LogP contribution in [0.15, 0.2) is 82.6 Å². The molecule has 0 aliphatic carbocycles. The largest absolute Gasteiger partial charge is 0.495 e. The van der Waals surface area contributed by atoms with Crippen LogP contribution in [-0.2, 0) is 9.59 Å². The standard InChI is InChI=1S/C23H15ClFNO3S/c1-29-19-12-9-15(24)13-18(19)26-22(27)20(14-7-10-16(25)11-8-14)21(23(26)28)30-17-5-3-2-4-6-17/h2-13H,1H3. The molecule has 3 aromatic rings. The second kappa shape index (κ2) is 8.34. The van der Waals surface area contributed by atoms with E-state index in [9.17, 15) is 14.0 Å². The molecule has 0 saturated carbocycles. The van der Waals surface area contributed by atoms with E-state index >= 15 is 0 Å². The van der Waals surface area contributed by atoms with Crippen LogP contribution in [0.4, 0.5) is 10.1 Å². The van der Waals surface area contributed by atoms with Gasteiger partial charge in [0.15, 0.2) is 0 Å². The number of carbonyl (C=O) groups excluding carboxylic acids is 2. The van der Waals surface area contributed by atoms with Crippen LogP contribution in [0.2, 0.25) is 5.02 Å². The highest BCUT2D eigenvalue weighted by Crippen LogP contribution is 2.44. The van der Waals surface area contributed by atoms with Crippen LogP contribution in [0.3, 0.4) is 0 Å². The molecule has 0 N–H and O–H groups in total. The summed E-state index contributed by atoms with van der Waals surface area (Å²) in [6.45, 7) is 0. The van der Waals surface area contributed by atoms with Crippen molar-refractivity contribution in [1.82, 2.24) is 0 Å². The molecule has 3 aromatic carbocycles. The van der Waals surface area contributed by atoms with E-state index in [0.29, 0.717) is 16.3 Å². The Labute approximate surface area is 181 Å².